The highest BCUT2D eigenvalue weighted by atomic mass is 79.9. The Morgan fingerprint density at radius 1 is 1.47 bits per heavy atom. The zero-order chi connectivity index (χ0) is 11.4. The van der Waals surface area contributed by atoms with Gasteiger partial charge in [0.15, 0.2) is 6.10 Å². The van der Waals surface area contributed by atoms with Crippen LogP contribution in [-0.4, -0.2) is 25.3 Å². The van der Waals surface area contributed by atoms with E-state index in [4.69, 9.17) is 4.74 Å². The van der Waals surface area contributed by atoms with E-state index in [1.54, 1.807) is 18.2 Å². The molecule has 5 heteroatoms. The summed E-state index contributed by atoms with van der Waals surface area (Å²) in [5.41, 5.74) is 0.453. The van der Waals surface area contributed by atoms with Crippen molar-refractivity contribution >= 4 is 21.9 Å². The van der Waals surface area contributed by atoms with Crippen molar-refractivity contribution < 1.29 is 19.4 Å². The highest BCUT2D eigenvalue weighted by Crippen LogP contribution is 2.28. The smallest absolute Gasteiger partial charge is 0.339 e. The maximum Gasteiger partial charge on any atom is 0.339 e. The van der Waals surface area contributed by atoms with E-state index in [-0.39, 0.29) is 0 Å². The Bertz CT molecular complexity index is 364. The molecule has 0 spiro atoms. The van der Waals surface area contributed by atoms with Crippen molar-refractivity contribution in [2.75, 3.05) is 14.2 Å². The van der Waals surface area contributed by atoms with Gasteiger partial charge in [-0.1, -0.05) is 6.07 Å². The number of hydrogen-bond acceptors (Lipinski definition) is 4. The van der Waals surface area contributed by atoms with E-state index in [0.29, 0.717) is 15.8 Å². The minimum atomic E-state index is -1.27. The normalized spacial score (nSPS) is 12.0. The SMILES string of the molecule is COC(=O)C(O)c1ccc(OC)c(Br)c1. The van der Waals surface area contributed by atoms with Gasteiger partial charge < -0.3 is 14.6 Å². The van der Waals surface area contributed by atoms with Crippen molar-refractivity contribution in [2.24, 2.45) is 0 Å². The van der Waals surface area contributed by atoms with Crippen molar-refractivity contribution in [2.45, 2.75) is 6.10 Å². The number of carbonyl (C=O) groups excluding carboxylic acids is 1. The molecule has 0 saturated heterocycles. The highest BCUT2D eigenvalue weighted by molar-refractivity contribution is 9.10. The minimum absolute atomic E-state index is 0.453. The van der Waals surface area contributed by atoms with Crippen LogP contribution in [0.1, 0.15) is 11.7 Å². The number of rotatable bonds is 3. The van der Waals surface area contributed by atoms with Crippen LogP contribution in [0.25, 0.3) is 0 Å². The summed E-state index contributed by atoms with van der Waals surface area (Å²) in [6.45, 7) is 0. The third-order valence-corrected chi connectivity index (χ3v) is 2.54. The molecule has 1 N–H and O–H groups in total. The van der Waals surface area contributed by atoms with Gasteiger partial charge in [0.1, 0.15) is 5.75 Å². The van der Waals surface area contributed by atoms with Gasteiger partial charge in [-0.3, -0.25) is 0 Å². The predicted molar refractivity (Wildman–Crippen MR) is 57.7 cm³/mol. The highest BCUT2D eigenvalue weighted by Gasteiger charge is 2.18. The first-order valence-corrected chi connectivity index (χ1v) is 4.98. The quantitative estimate of drug-likeness (QED) is 0.852. The molecular formula is C10H11BrO4. The fourth-order valence-corrected chi connectivity index (χ4v) is 1.66. The van der Waals surface area contributed by atoms with Gasteiger partial charge in [-0.15, -0.1) is 0 Å². The van der Waals surface area contributed by atoms with Crippen LogP contribution in [0.4, 0.5) is 0 Å². The van der Waals surface area contributed by atoms with Gasteiger partial charge in [0.2, 0.25) is 0 Å². The fraction of sp³-hybridized carbons (Fsp3) is 0.300. The van der Waals surface area contributed by atoms with E-state index >= 15 is 0 Å². The number of methoxy groups -OCH3 is 2. The van der Waals surface area contributed by atoms with Gasteiger partial charge >= 0.3 is 5.97 Å². The summed E-state index contributed by atoms with van der Waals surface area (Å²) in [6, 6.07) is 4.87. The number of hydrogen-bond donors (Lipinski definition) is 1. The number of esters is 1. The molecular weight excluding hydrogens is 264 g/mol. The van der Waals surface area contributed by atoms with Crippen molar-refractivity contribution in [3.05, 3.63) is 28.2 Å². The molecule has 0 heterocycles. The topological polar surface area (TPSA) is 55.8 Å². The van der Waals surface area contributed by atoms with Crippen LogP contribution >= 0.6 is 15.9 Å². The van der Waals surface area contributed by atoms with Gasteiger partial charge in [0.05, 0.1) is 18.7 Å². The molecule has 1 atom stereocenters. The molecule has 0 fully saturated rings. The summed E-state index contributed by atoms with van der Waals surface area (Å²) in [7, 11) is 2.76. The van der Waals surface area contributed by atoms with E-state index < -0.39 is 12.1 Å². The van der Waals surface area contributed by atoms with Crippen LogP contribution in [0, 0.1) is 0 Å². The van der Waals surface area contributed by atoms with E-state index in [0.717, 1.165) is 0 Å². The summed E-state index contributed by atoms with van der Waals surface area (Å²) >= 11 is 3.26. The average Bonchev–Trinajstić information content (AvgIpc) is 2.26. The first-order chi connectivity index (χ1) is 7.10. The van der Waals surface area contributed by atoms with Crippen LogP contribution in [0.5, 0.6) is 5.75 Å². The second-order valence-electron chi connectivity index (χ2n) is 2.82. The zero-order valence-electron chi connectivity index (χ0n) is 8.36. The standard InChI is InChI=1S/C10H11BrO4/c1-14-8-4-3-6(5-7(8)11)9(12)10(13)15-2/h3-5,9,12H,1-2H3. The van der Waals surface area contributed by atoms with Crippen molar-refractivity contribution in [1.29, 1.82) is 0 Å². The Hall–Kier alpha value is -1.07. The van der Waals surface area contributed by atoms with E-state index in [9.17, 15) is 9.90 Å². The first kappa shape index (κ1) is 12.0. The first-order valence-electron chi connectivity index (χ1n) is 4.19. The molecule has 1 unspecified atom stereocenters. The number of aliphatic hydroxyl groups is 1. The van der Waals surface area contributed by atoms with Gasteiger partial charge in [-0.25, -0.2) is 4.79 Å². The number of ether oxygens (including phenoxy) is 2. The Morgan fingerprint density at radius 2 is 2.13 bits per heavy atom. The Balaban J connectivity index is 2.97. The molecule has 15 heavy (non-hydrogen) atoms. The summed E-state index contributed by atoms with van der Waals surface area (Å²) in [5.74, 6) is -0.0529. The Kier molecular flexibility index (Phi) is 4.11. The van der Waals surface area contributed by atoms with Crippen LogP contribution in [0.2, 0.25) is 0 Å². The van der Waals surface area contributed by atoms with Crippen LogP contribution < -0.4 is 4.74 Å². The lowest BCUT2D eigenvalue weighted by atomic mass is 10.1. The molecule has 0 saturated carbocycles. The lowest BCUT2D eigenvalue weighted by Gasteiger charge is -2.10. The van der Waals surface area contributed by atoms with Crippen molar-refractivity contribution in [3.63, 3.8) is 0 Å². The van der Waals surface area contributed by atoms with E-state index in [1.807, 2.05) is 0 Å². The van der Waals surface area contributed by atoms with Gasteiger partial charge in [-0.05, 0) is 33.6 Å². The number of halogens is 1. The molecule has 1 aromatic carbocycles. The fourth-order valence-electron chi connectivity index (χ4n) is 1.10. The Morgan fingerprint density at radius 3 is 2.60 bits per heavy atom. The van der Waals surface area contributed by atoms with Crippen LogP contribution in [-0.2, 0) is 9.53 Å². The average molecular weight is 275 g/mol. The lowest BCUT2D eigenvalue weighted by Crippen LogP contribution is -2.13. The molecule has 0 aliphatic rings. The molecule has 0 aliphatic heterocycles. The second kappa shape index (κ2) is 5.14. The molecule has 0 bridgehead atoms. The summed E-state index contributed by atoms with van der Waals surface area (Å²) in [6.07, 6.45) is -1.27. The third-order valence-electron chi connectivity index (χ3n) is 1.92. The molecule has 1 aromatic rings. The molecule has 4 nitrogen and oxygen atoms in total. The molecule has 0 aromatic heterocycles. The number of aliphatic hydroxyl groups excluding tert-OH is 1. The van der Waals surface area contributed by atoms with Crippen LogP contribution in [0.15, 0.2) is 22.7 Å². The molecule has 1 rings (SSSR count). The molecule has 82 valence electrons. The summed E-state index contributed by atoms with van der Waals surface area (Å²) in [4.78, 5) is 11.1. The van der Waals surface area contributed by atoms with Crippen molar-refractivity contribution in [3.8, 4) is 5.75 Å². The van der Waals surface area contributed by atoms with Gasteiger partial charge in [-0.2, -0.15) is 0 Å². The number of carbonyl (C=O) groups is 1. The maximum absolute atomic E-state index is 11.1. The lowest BCUT2D eigenvalue weighted by molar-refractivity contribution is -0.150. The minimum Gasteiger partial charge on any atom is -0.496 e. The second-order valence-corrected chi connectivity index (χ2v) is 3.67. The van der Waals surface area contributed by atoms with Gasteiger partial charge in [0.25, 0.3) is 0 Å². The zero-order valence-corrected chi connectivity index (χ0v) is 9.95. The summed E-state index contributed by atoms with van der Waals surface area (Å²) < 4.78 is 10.1. The van der Waals surface area contributed by atoms with Crippen LogP contribution in [0.3, 0.4) is 0 Å². The predicted octanol–water partition coefficient (Wildman–Crippen LogP) is 1.66. The summed E-state index contributed by atoms with van der Waals surface area (Å²) in [5, 5.41) is 9.54. The largest absolute Gasteiger partial charge is 0.496 e. The van der Waals surface area contributed by atoms with E-state index in [1.165, 1.54) is 14.2 Å². The Labute approximate surface area is 95.9 Å². The molecule has 0 radical (unpaired) electrons. The maximum atomic E-state index is 11.1. The van der Waals surface area contributed by atoms with Crippen molar-refractivity contribution in [1.82, 2.24) is 0 Å². The third kappa shape index (κ3) is 2.70. The molecule has 0 amide bonds. The monoisotopic (exact) mass is 274 g/mol. The number of benzene rings is 1. The molecule has 0 aliphatic carbocycles. The van der Waals surface area contributed by atoms with Gasteiger partial charge in [0, 0.05) is 0 Å². The van der Waals surface area contributed by atoms with E-state index in [2.05, 4.69) is 20.7 Å².